The van der Waals surface area contributed by atoms with Crippen LogP contribution in [0.4, 0.5) is 5.69 Å². The molecule has 0 aromatic heterocycles. The molecule has 0 saturated carbocycles. The number of hydrazone groups is 1. The van der Waals surface area contributed by atoms with Crippen LogP contribution in [0.5, 0.6) is 5.75 Å². The third kappa shape index (κ3) is 5.14. The maximum atomic E-state index is 11.8. The summed E-state index contributed by atoms with van der Waals surface area (Å²) in [6, 6.07) is 15.5. The van der Waals surface area contributed by atoms with Gasteiger partial charge in [0.1, 0.15) is 5.75 Å². The lowest BCUT2D eigenvalue weighted by Crippen LogP contribution is -2.08. The molecule has 5 heteroatoms. The Kier molecular flexibility index (Phi) is 6.23. The van der Waals surface area contributed by atoms with E-state index in [4.69, 9.17) is 4.74 Å². The summed E-state index contributed by atoms with van der Waals surface area (Å²) >= 11 is 1.36. The Morgan fingerprint density at radius 3 is 2.30 bits per heavy atom. The summed E-state index contributed by atoms with van der Waals surface area (Å²) in [5, 5.41) is 4.65. The van der Waals surface area contributed by atoms with Crippen molar-refractivity contribution < 1.29 is 9.53 Å². The lowest BCUT2D eigenvalue weighted by molar-refractivity contribution is -0.110. The van der Waals surface area contributed by atoms with Crippen LogP contribution in [0.1, 0.15) is 19.4 Å². The zero-order chi connectivity index (χ0) is 16.7. The number of ether oxygens (including phenoxy) is 1. The number of nitrogens with one attached hydrogen (secondary N) is 1. The molecule has 120 valence electrons. The average Bonchev–Trinajstić information content (AvgIpc) is 2.59. The van der Waals surface area contributed by atoms with Gasteiger partial charge in [-0.2, -0.15) is 5.10 Å². The molecule has 0 spiro atoms. The van der Waals surface area contributed by atoms with Crippen LogP contribution in [0.3, 0.4) is 0 Å². The molecule has 1 N–H and O–H groups in total. The van der Waals surface area contributed by atoms with Crippen molar-refractivity contribution in [1.82, 2.24) is 0 Å². The SMILES string of the molecule is CCc1ccc(S/C(=N/Nc2ccc(OC)cc2)C(C)=O)cc1. The smallest absolute Gasteiger partial charge is 0.186 e. The summed E-state index contributed by atoms with van der Waals surface area (Å²) in [6.45, 7) is 3.63. The molecule has 0 amide bonds. The van der Waals surface area contributed by atoms with E-state index in [0.29, 0.717) is 5.04 Å². The second-order valence-electron chi connectivity index (χ2n) is 4.91. The molecule has 2 aromatic carbocycles. The maximum absolute atomic E-state index is 11.8. The quantitative estimate of drug-likeness (QED) is 0.370. The van der Waals surface area contributed by atoms with Crippen molar-refractivity contribution in [2.45, 2.75) is 25.2 Å². The largest absolute Gasteiger partial charge is 0.497 e. The highest BCUT2D eigenvalue weighted by Gasteiger charge is 2.09. The lowest BCUT2D eigenvalue weighted by Gasteiger charge is -2.06. The summed E-state index contributed by atoms with van der Waals surface area (Å²) in [5.74, 6) is 0.701. The van der Waals surface area contributed by atoms with E-state index in [1.807, 2.05) is 36.4 Å². The van der Waals surface area contributed by atoms with Gasteiger partial charge in [0.05, 0.1) is 12.8 Å². The minimum Gasteiger partial charge on any atom is -0.497 e. The van der Waals surface area contributed by atoms with E-state index in [-0.39, 0.29) is 5.78 Å². The summed E-state index contributed by atoms with van der Waals surface area (Å²) in [4.78, 5) is 12.8. The second kappa shape index (κ2) is 8.39. The van der Waals surface area contributed by atoms with Gasteiger partial charge < -0.3 is 4.74 Å². The number of nitrogens with zero attached hydrogens (tertiary/aromatic N) is 1. The van der Waals surface area contributed by atoms with Crippen LogP contribution in [0, 0.1) is 0 Å². The highest BCUT2D eigenvalue weighted by molar-refractivity contribution is 8.15. The van der Waals surface area contributed by atoms with Crippen LogP contribution in [-0.4, -0.2) is 17.9 Å². The first-order valence-corrected chi connectivity index (χ1v) is 8.19. The summed E-state index contributed by atoms with van der Waals surface area (Å²) in [7, 11) is 1.62. The number of carbonyl (C=O) groups excluding carboxylic acids is 1. The number of anilines is 1. The zero-order valence-corrected chi connectivity index (χ0v) is 14.3. The number of methoxy groups -OCH3 is 1. The minimum atomic E-state index is -0.0735. The first-order chi connectivity index (χ1) is 11.1. The highest BCUT2D eigenvalue weighted by atomic mass is 32.2. The van der Waals surface area contributed by atoms with Crippen molar-refractivity contribution in [2.75, 3.05) is 12.5 Å². The van der Waals surface area contributed by atoms with E-state index in [9.17, 15) is 4.79 Å². The molecule has 0 aliphatic heterocycles. The maximum Gasteiger partial charge on any atom is 0.186 e. The molecule has 23 heavy (non-hydrogen) atoms. The predicted octanol–water partition coefficient (Wildman–Crippen LogP) is 4.36. The molecule has 4 nitrogen and oxygen atoms in total. The van der Waals surface area contributed by atoms with Crippen molar-refractivity contribution >= 4 is 28.3 Å². The van der Waals surface area contributed by atoms with E-state index in [1.54, 1.807) is 7.11 Å². The van der Waals surface area contributed by atoms with Gasteiger partial charge in [-0.15, -0.1) is 0 Å². The number of thioether (sulfide) groups is 1. The number of Topliss-reactive ketones (excluding diaryl/α,β-unsaturated/α-hetero) is 1. The van der Waals surface area contributed by atoms with Crippen molar-refractivity contribution in [3.63, 3.8) is 0 Å². The third-order valence-electron chi connectivity index (χ3n) is 3.22. The molecule has 0 heterocycles. The molecule has 2 aromatic rings. The normalized spacial score (nSPS) is 11.2. The van der Waals surface area contributed by atoms with Crippen molar-refractivity contribution in [1.29, 1.82) is 0 Å². The number of benzene rings is 2. The summed E-state index contributed by atoms with van der Waals surface area (Å²) in [6.07, 6.45) is 0.998. The standard InChI is InChI=1S/C18H20N2O2S/c1-4-14-5-11-17(12-6-14)23-18(13(2)21)20-19-15-7-9-16(22-3)10-8-15/h5-12,19H,4H2,1-3H3/b20-18+. The Labute approximate surface area is 140 Å². The monoisotopic (exact) mass is 328 g/mol. The van der Waals surface area contributed by atoms with Crippen molar-refractivity contribution in [3.05, 3.63) is 54.1 Å². The van der Waals surface area contributed by atoms with Gasteiger partial charge >= 0.3 is 0 Å². The van der Waals surface area contributed by atoms with Gasteiger partial charge in [0.15, 0.2) is 10.8 Å². The van der Waals surface area contributed by atoms with E-state index in [0.717, 1.165) is 22.8 Å². The molecular weight excluding hydrogens is 308 g/mol. The van der Waals surface area contributed by atoms with Crippen molar-refractivity contribution in [2.24, 2.45) is 5.10 Å². The fourth-order valence-corrected chi connectivity index (χ4v) is 2.59. The Hall–Kier alpha value is -2.27. The lowest BCUT2D eigenvalue weighted by atomic mass is 10.2. The first-order valence-electron chi connectivity index (χ1n) is 7.38. The van der Waals surface area contributed by atoms with Gasteiger partial charge in [-0.05, 0) is 48.4 Å². The van der Waals surface area contributed by atoms with Crippen LogP contribution in [0.25, 0.3) is 0 Å². The number of rotatable bonds is 6. The van der Waals surface area contributed by atoms with Crippen LogP contribution < -0.4 is 10.2 Å². The topological polar surface area (TPSA) is 50.7 Å². The number of ketones is 1. The Morgan fingerprint density at radius 1 is 1.13 bits per heavy atom. The van der Waals surface area contributed by atoms with Gasteiger partial charge in [-0.3, -0.25) is 10.2 Å². The fraction of sp³-hybridized carbons (Fsp3) is 0.222. The van der Waals surface area contributed by atoms with Crippen LogP contribution >= 0.6 is 11.8 Å². The molecule has 0 bridgehead atoms. The molecule has 0 radical (unpaired) electrons. The molecule has 0 atom stereocenters. The minimum absolute atomic E-state index is 0.0735. The molecule has 0 saturated heterocycles. The van der Waals surface area contributed by atoms with Gasteiger partial charge in [0.2, 0.25) is 0 Å². The molecule has 2 rings (SSSR count). The van der Waals surface area contributed by atoms with Gasteiger partial charge in [0.25, 0.3) is 0 Å². The molecule has 0 unspecified atom stereocenters. The molecule has 0 fully saturated rings. The van der Waals surface area contributed by atoms with Gasteiger partial charge in [0, 0.05) is 11.8 Å². The first kappa shape index (κ1) is 17.1. The molecular formula is C18H20N2O2S. The average molecular weight is 328 g/mol. The summed E-state index contributed by atoms with van der Waals surface area (Å²) < 4.78 is 5.11. The fourth-order valence-electron chi connectivity index (χ4n) is 1.86. The van der Waals surface area contributed by atoms with Crippen LogP contribution in [-0.2, 0) is 11.2 Å². The Balaban J connectivity index is 2.08. The van der Waals surface area contributed by atoms with Gasteiger partial charge in [-0.25, -0.2) is 0 Å². The Bertz CT molecular complexity index is 679. The molecule has 0 aliphatic rings. The second-order valence-corrected chi connectivity index (χ2v) is 5.98. The number of carbonyl (C=O) groups is 1. The zero-order valence-electron chi connectivity index (χ0n) is 13.5. The predicted molar refractivity (Wildman–Crippen MR) is 96.4 cm³/mol. The number of aryl methyl sites for hydroxylation is 1. The molecule has 0 aliphatic carbocycles. The van der Waals surface area contributed by atoms with Crippen LogP contribution in [0.15, 0.2) is 58.5 Å². The Morgan fingerprint density at radius 2 is 1.78 bits per heavy atom. The van der Waals surface area contributed by atoms with E-state index in [2.05, 4.69) is 29.6 Å². The van der Waals surface area contributed by atoms with E-state index >= 15 is 0 Å². The van der Waals surface area contributed by atoms with Gasteiger partial charge in [-0.1, -0.05) is 30.8 Å². The van der Waals surface area contributed by atoms with E-state index in [1.165, 1.54) is 24.2 Å². The third-order valence-corrected chi connectivity index (χ3v) is 4.30. The van der Waals surface area contributed by atoms with E-state index < -0.39 is 0 Å². The number of hydrogen-bond donors (Lipinski definition) is 1. The summed E-state index contributed by atoms with van der Waals surface area (Å²) in [5.41, 5.74) is 4.98. The number of hydrogen-bond acceptors (Lipinski definition) is 5. The van der Waals surface area contributed by atoms with Crippen molar-refractivity contribution in [3.8, 4) is 5.75 Å². The highest BCUT2D eigenvalue weighted by Crippen LogP contribution is 2.22. The van der Waals surface area contributed by atoms with Crippen LogP contribution in [0.2, 0.25) is 0 Å².